The lowest BCUT2D eigenvalue weighted by molar-refractivity contribution is -0.123. The Hall–Kier alpha value is -2.24. The maximum Gasteiger partial charge on any atom is 0.230 e. The van der Waals surface area contributed by atoms with Gasteiger partial charge in [-0.15, -0.1) is 0 Å². The summed E-state index contributed by atoms with van der Waals surface area (Å²) in [6.45, 7) is 2.31. The minimum atomic E-state index is -0.110. The maximum absolute atomic E-state index is 13.1. The molecular weight excluding hydrogens is 312 g/mol. The van der Waals surface area contributed by atoms with E-state index in [1.807, 2.05) is 35.2 Å². The maximum atomic E-state index is 13.1. The van der Waals surface area contributed by atoms with Gasteiger partial charge in [-0.05, 0) is 50.0 Å². The number of amides is 1. The van der Waals surface area contributed by atoms with Gasteiger partial charge < -0.3 is 16.0 Å². The van der Waals surface area contributed by atoms with Crippen molar-refractivity contribution in [3.63, 3.8) is 0 Å². The van der Waals surface area contributed by atoms with Crippen LogP contribution in [0.4, 0.5) is 5.69 Å². The van der Waals surface area contributed by atoms with Crippen LogP contribution in [-0.4, -0.2) is 36.6 Å². The summed E-state index contributed by atoms with van der Waals surface area (Å²) in [5.74, 6) is 0.245. The van der Waals surface area contributed by atoms with E-state index < -0.39 is 0 Å². The smallest absolute Gasteiger partial charge is 0.230 e. The van der Waals surface area contributed by atoms with E-state index in [4.69, 9.17) is 5.73 Å². The molecule has 1 amide bonds. The van der Waals surface area contributed by atoms with Gasteiger partial charge in [0.2, 0.25) is 5.91 Å². The lowest BCUT2D eigenvalue weighted by Gasteiger charge is -2.31. The highest BCUT2D eigenvalue weighted by molar-refractivity contribution is 5.95. The van der Waals surface area contributed by atoms with Crippen molar-refractivity contribution >= 4 is 11.6 Å². The first-order chi connectivity index (χ1) is 12.2. The summed E-state index contributed by atoms with van der Waals surface area (Å²) in [5.41, 5.74) is 8.46. The molecule has 0 spiro atoms. The molecule has 3 rings (SSSR count). The molecule has 5 nitrogen and oxygen atoms in total. The molecule has 0 radical (unpaired) electrons. The van der Waals surface area contributed by atoms with Crippen LogP contribution in [-0.2, 0) is 11.2 Å². The van der Waals surface area contributed by atoms with Crippen molar-refractivity contribution in [1.29, 1.82) is 0 Å². The highest BCUT2D eigenvalue weighted by atomic mass is 16.2. The number of anilines is 1. The topological polar surface area (TPSA) is 71.2 Å². The molecule has 1 aliphatic rings. The first-order valence-corrected chi connectivity index (χ1v) is 8.95. The molecule has 1 saturated heterocycles. The van der Waals surface area contributed by atoms with Crippen LogP contribution in [0.2, 0.25) is 0 Å². The quantitative estimate of drug-likeness (QED) is 0.845. The number of carbonyl (C=O) groups is 1. The zero-order valence-corrected chi connectivity index (χ0v) is 14.5. The van der Waals surface area contributed by atoms with Crippen LogP contribution in [0, 0.1) is 5.92 Å². The molecule has 1 aromatic heterocycles. The number of hydrogen-bond acceptors (Lipinski definition) is 4. The molecule has 132 valence electrons. The zero-order valence-electron chi connectivity index (χ0n) is 14.5. The van der Waals surface area contributed by atoms with Crippen molar-refractivity contribution in [2.24, 2.45) is 11.7 Å². The molecule has 2 aromatic rings. The fourth-order valence-corrected chi connectivity index (χ4v) is 3.35. The van der Waals surface area contributed by atoms with Crippen LogP contribution in [0.5, 0.6) is 0 Å². The molecule has 25 heavy (non-hydrogen) atoms. The molecule has 1 aromatic carbocycles. The summed E-state index contributed by atoms with van der Waals surface area (Å²) < 4.78 is 0. The van der Waals surface area contributed by atoms with E-state index in [2.05, 4.69) is 22.4 Å². The Morgan fingerprint density at radius 1 is 1.16 bits per heavy atom. The SMILES string of the molecule is NC(Cc1ccccc1)CN(C(=O)C1CCNCC1)c1ccncc1. The van der Waals surface area contributed by atoms with E-state index in [-0.39, 0.29) is 17.9 Å². The van der Waals surface area contributed by atoms with Crippen molar-refractivity contribution in [2.75, 3.05) is 24.5 Å². The third-order valence-corrected chi connectivity index (χ3v) is 4.69. The Balaban J connectivity index is 1.73. The van der Waals surface area contributed by atoms with Crippen LogP contribution in [0.3, 0.4) is 0 Å². The normalized spacial score (nSPS) is 16.4. The Labute approximate surface area is 149 Å². The van der Waals surface area contributed by atoms with Crippen molar-refractivity contribution in [3.05, 3.63) is 60.4 Å². The van der Waals surface area contributed by atoms with Gasteiger partial charge in [-0.25, -0.2) is 0 Å². The van der Waals surface area contributed by atoms with Crippen LogP contribution in [0.25, 0.3) is 0 Å². The lowest BCUT2D eigenvalue weighted by Crippen LogP contribution is -2.46. The first-order valence-electron chi connectivity index (χ1n) is 8.95. The number of aromatic nitrogens is 1. The van der Waals surface area contributed by atoms with Crippen molar-refractivity contribution in [2.45, 2.75) is 25.3 Å². The molecule has 0 saturated carbocycles. The Kier molecular flexibility index (Phi) is 6.14. The lowest BCUT2D eigenvalue weighted by atomic mass is 9.95. The highest BCUT2D eigenvalue weighted by Crippen LogP contribution is 2.21. The van der Waals surface area contributed by atoms with Gasteiger partial charge in [-0.3, -0.25) is 9.78 Å². The van der Waals surface area contributed by atoms with Gasteiger partial charge >= 0.3 is 0 Å². The number of benzene rings is 1. The van der Waals surface area contributed by atoms with Gasteiger partial charge in [0.05, 0.1) is 0 Å². The Morgan fingerprint density at radius 3 is 2.52 bits per heavy atom. The fraction of sp³-hybridized carbons (Fsp3) is 0.400. The van der Waals surface area contributed by atoms with E-state index in [0.717, 1.165) is 38.0 Å². The number of hydrogen-bond donors (Lipinski definition) is 2. The van der Waals surface area contributed by atoms with Gasteiger partial charge in [0.1, 0.15) is 0 Å². The number of nitrogens with zero attached hydrogens (tertiary/aromatic N) is 2. The van der Waals surface area contributed by atoms with Crippen molar-refractivity contribution in [1.82, 2.24) is 10.3 Å². The van der Waals surface area contributed by atoms with E-state index in [9.17, 15) is 4.79 Å². The van der Waals surface area contributed by atoms with E-state index in [1.165, 1.54) is 5.56 Å². The van der Waals surface area contributed by atoms with E-state index >= 15 is 0 Å². The molecule has 1 aliphatic heterocycles. The summed E-state index contributed by atoms with van der Waals surface area (Å²) >= 11 is 0. The molecule has 0 aliphatic carbocycles. The molecule has 2 heterocycles. The van der Waals surface area contributed by atoms with Crippen molar-refractivity contribution < 1.29 is 4.79 Å². The molecule has 1 atom stereocenters. The molecule has 1 unspecified atom stereocenters. The molecular formula is C20H26N4O. The Bertz CT molecular complexity index is 656. The second-order valence-corrected chi connectivity index (χ2v) is 6.63. The monoisotopic (exact) mass is 338 g/mol. The van der Waals surface area contributed by atoms with Gasteiger partial charge in [0.25, 0.3) is 0 Å². The van der Waals surface area contributed by atoms with E-state index in [1.54, 1.807) is 12.4 Å². The van der Waals surface area contributed by atoms with Crippen molar-refractivity contribution in [3.8, 4) is 0 Å². The first kappa shape index (κ1) is 17.6. The predicted molar refractivity (Wildman–Crippen MR) is 100 cm³/mol. The summed E-state index contributed by atoms with van der Waals surface area (Å²) in [7, 11) is 0. The molecule has 0 bridgehead atoms. The van der Waals surface area contributed by atoms with Crippen LogP contribution in [0.15, 0.2) is 54.9 Å². The number of piperidine rings is 1. The second kappa shape index (κ2) is 8.74. The summed E-state index contributed by atoms with van der Waals surface area (Å²) in [6.07, 6.45) is 5.96. The summed E-state index contributed by atoms with van der Waals surface area (Å²) in [5, 5.41) is 3.32. The van der Waals surface area contributed by atoms with Crippen LogP contribution < -0.4 is 16.0 Å². The fourth-order valence-electron chi connectivity index (χ4n) is 3.35. The third-order valence-electron chi connectivity index (χ3n) is 4.69. The largest absolute Gasteiger partial charge is 0.326 e. The average molecular weight is 338 g/mol. The standard InChI is InChI=1S/C20H26N4O/c21-18(14-16-4-2-1-3-5-16)15-24(19-8-12-23-13-9-19)20(25)17-6-10-22-11-7-17/h1-5,8-9,12-13,17-18,22H,6-7,10-11,14-15,21H2. The molecule has 3 N–H and O–H groups in total. The molecule has 5 heteroatoms. The van der Waals surface area contributed by atoms with Gasteiger partial charge in [-0.1, -0.05) is 30.3 Å². The van der Waals surface area contributed by atoms with Gasteiger partial charge in [0.15, 0.2) is 0 Å². The second-order valence-electron chi connectivity index (χ2n) is 6.63. The predicted octanol–water partition coefficient (Wildman–Crippen LogP) is 1.98. The van der Waals surface area contributed by atoms with E-state index in [0.29, 0.717) is 6.54 Å². The summed E-state index contributed by atoms with van der Waals surface area (Å²) in [6, 6.07) is 13.8. The highest BCUT2D eigenvalue weighted by Gasteiger charge is 2.28. The number of nitrogens with one attached hydrogen (secondary N) is 1. The molecule has 1 fully saturated rings. The van der Waals surface area contributed by atoms with Crippen LogP contribution >= 0.6 is 0 Å². The number of pyridine rings is 1. The number of carbonyl (C=O) groups excluding carboxylic acids is 1. The average Bonchev–Trinajstić information content (AvgIpc) is 2.68. The van der Waals surface area contributed by atoms with Gasteiger partial charge in [0, 0.05) is 36.6 Å². The third kappa shape index (κ3) is 4.87. The number of rotatable bonds is 6. The van der Waals surface area contributed by atoms with Gasteiger partial charge in [-0.2, -0.15) is 0 Å². The Morgan fingerprint density at radius 2 is 1.84 bits per heavy atom. The minimum Gasteiger partial charge on any atom is -0.326 e. The minimum absolute atomic E-state index is 0.0679. The summed E-state index contributed by atoms with van der Waals surface area (Å²) in [4.78, 5) is 19.0. The van der Waals surface area contributed by atoms with Crippen LogP contribution in [0.1, 0.15) is 18.4 Å². The number of nitrogens with two attached hydrogens (primary N) is 1. The zero-order chi connectivity index (χ0) is 17.5.